The van der Waals surface area contributed by atoms with E-state index in [0.29, 0.717) is 0 Å². The Hall–Kier alpha value is -2.88. The van der Waals surface area contributed by atoms with Gasteiger partial charge in [0.1, 0.15) is 5.39 Å². The van der Waals surface area contributed by atoms with E-state index in [4.69, 9.17) is 0 Å². The summed E-state index contributed by atoms with van der Waals surface area (Å²) in [5.41, 5.74) is -1.44. The van der Waals surface area contributed by atoms with Crippen LogP contribution < -0.4 is 0 Å². The van der Waals surface area contributed by atoms with Crippen molar-refractivity contribution in [3.8, 4) is 0 Å². The molecule has 9 nitrogen and oxygen atoms in total. The molecule has 0 radical (unpaired) electrons. The van der Waals surface area contributed by atoms with Crippen molar-refractivity contribution in [1.82, 2.24) is 0 Å². The van der Waals surface area contributed by atoms with Crippen molar-refractivity contribution in [2.45, 2.75) is 0 Å². The molecule has 0 spiro atoms. The van der Waals surface area contributed by atoms with Crippen LogP contribution in [0, 0.1) is 20.2 Å². The molecule has 1 heterocycles. The van der Waals surface area contributed by atoms with Gasteiger partial charge in [0.05, 0.1) is 25.4 Å². The number of carbonyl (C=O) groups excluding carboxylic acids is 2. The third-order valence-electron chi connectivity index (χ3n) is 3.19. The number of carbonyl (C=O) groups is 2. The second-order valence-electron chi connectivity index (χ2n) is 4.33. The monoisotopic (exact) mass is 366 g/mol. The number of hydrogen-bond acceptors (Lipinski definition) is 7. The lowest BCUT2D eigenvalue weighted by molar-refractivity contribution is -0.390. The predicted octanol–water partition coefficient (Wildman–Crippen LogP) is 2.73. The smallest absolute Gasteiger partial charge is 0.346 e. The molecule has 22 heavy (non-hydrogen) atoms. The SMILES string of the molecule is O=C1OC(=O)c2cc(Br)c([N+](=O)[O-])c3c([N+](=O)[O-])ccc1c23. The summed E-state index contributed by atoms with van der Waals surface area (Å²) in [6.07, 6.45) is 0. The molecule has 0 unspecified atom stereocenters. The standard InChI is InChI=1S/C12H3BrN2O7/c13-6-3-5-8-4(11(16)22-12(5)17)1-2-7(14(18)19)9(8)10(6)15(20)21/h1-3H. The summed E-state index contributed by atoms with van der Waals surface area (Å²) < 4.78 is 4.40. The zero-order valence-electron chi connectivity index (χ0n) is 10.4. The zero-order valence-corrected chi connectivity index (χ0v) is 11.9. The average Bonchev–Trinajstić information content (AvgIpc) is 2.42. The Kier molecular flexibility index (Phi) is 2.92. The summed E-state index contributed by atoms with van der Waals surface area (Å²) in [6.45, 7) is 0. The van der Waals surface area contributed by atoms with E-state index < -0.39 is 33.2 Å². The van der Waals surface area contributed by atoms with Gasteiger partial charge in [0, 0.05) is 11.5 Å². The highest BCUT2D eigenvalue weighted by Crippen LogP contribution is 2.43. The fraction of sp³-hybridized carbons (Fsp3) is 0. The normalized spacial score (nSPS) is 13.1. The number of hydrogen-bond donors (Lipinski definition) is 0. The summed E-state index contributed by atoms with van der Waals surface area (Å²) >= 11 is 2.93. The van der Waals surface area contributed by atoms with E-state index >= 15 is 0 Å². The highest BCUT2D eigenvalue weighted by atomic mass is 79.9. The Balaban J connectivity index is 2.66. The summed E-state index contributed by atoms with van der Waals surface area (Å²) in [6, 6.07) is 3.19. The van der Waals surface area contributed by atoms with Gasteiger partial charge in [-0.3, -0.25) is 20.2 Å². The second kappa shape index (κ2) is 4.56. The average molecular weight is 367 g/mol. The maximum atomic E-state index is 11.8. The van der Waals surface area contributed by atoms with Gasteiger partial charge in [-0.15, -0.1) is 0 Å². The topological polar surface area (TPSA) is 130 Å². The Labute approximate surface area is 128 Å². The van der Waals surface area contributed by atoms with E-state index in [2.05, 4.69) is 20.7 Å². The lowest BCUT2D eigenvalue weighted by Crippen LogP contribution is -2.20. The van der Waals surface area contributed by atoms with E-state index in [9.17, 15) is 29.8 Å². The summed E-state index contributed by atoms with van der Waals surface area (Å²) in [5.74, 6) is -2.02. The van der Waals surface area contributed by atoms with Gasteiger partial charge in [-0.1, -0.05) is 0 Å². The van der Waals surface area contributed by atoms with Crippen LogP contribution in [0.3, 0.4) is 0 Å². The highest BCUT2D eigenvalue weighted by molar-refractivity contribution is 9.10. The number of ether oxygens (including phenoxy) is 1. The summed E-state index contributed by atoms with van der Waals surface area (Å²) in [5, 5.41) is 21.9. The Morgan fingerprint density at radius 2 is 1.59 bits per heavy atom. The Morgan fingerprint density at radius 3 is 2.18 bits per heavy atom. The predicted molar refractivity (Wildman–Crippen MR) is 74.7 cm³/mol. The number of nitrogens with zero attached hydrogens (tertiary/aromatic N) is 2. The van der Waals surface area contributed by atoms with Crippen LogP contribution in [-0.4, -0.2) is 21.8 Å². The number of benzene rings is 2. The first kappa shape index (κ1) is 14.1. The van der Waals surface area contributed by atoms with E-state index in [-0.39, 0.29) is 26.4 Å². The van der Waals surface area contributed by atoms with E-state index in [0.717, 1.165) is 18.2 Å². The van der Waals surface area contributed by atoms with Crippen LogP contribution >= 0.6 is 15.9 Å². The molecule has 0 N–H and O–H groups in total. The van der Waals surface area contributed by atoms with Crippen molar-refractivity contribution < 1.29 is 24.2 Å². The molecular formula is C12H3BrN2O7. The molecule has 0 saturated heterocycles. The van der Waals surface area contributed by atoms with Gasteiger partial charge in [0.15, 0.2) is 0 Å². The molecule has 0 aromatic heterocycles. The molecule has 0 saturated carbocycles. The number of esters is 2. The van der Waals surface area contributed by atoms with Crippen molar-refractivity contribution in [3.63, 3.8) is 0 Å². The molecule has 1 aliphatic rings. The van der Waals surface area contributed by atoms with Gasteiger partial charge in [-0.2, -0.15) is 0 Å². The summed E-state index contributed by atoms with van der Waals surface area (Å²) in [7, 11) is 0. The number of halogens is 1. The van der Waals surface area contributed by atoms with Crippen molar-refractivity contribution in [1.29, 1.82) is 0 Å². The lowest BCUT2D eigenvalue weighted by atomic mass is 9.95. The number of cyclic esters (lactones) is 2. The molecule has 2 aromatic rings. The molecule has 3 rings (SSSR count). The molecule has 2 aromatic carbocycles. The first-order chi connectivity index (χ1) is 10.3. The van der Waals surface area contributed by atoms with E-state index in [1.54, 1.807) is 0 Å². The molecule has 1 aliphatic heterocycles. The zero-order chi connectivity index (χ0) is 16.2. The van der Waals surface area contributed by atoms with E-state index in [1.165, 1.54) is 0 Å². The highest BCUT2D eigenvalue weighted by Gasteiger charge is 2.36. The minimum atomic E-state index is -1.02. The number of non-ortho nitro benzene ring substituents is 1. The fourth-order valence-electron chi connectivity index (χ4n) is 2.35. The van der Waals surface area contributed by atoms with Gasteiger partial charge in [0.2, 0.25) is 0 Å². The van der Waals surface area contributed by atoms with Gasteiger partial charge in [-0.05, 0) is 28.1 Å². The maximum absolute atomic E-state index is 11.8. The molecule has 0 fully saturated rings. The van der Waals surface area contributed by atoms with Crippen molar-refractivity contribution in [3.05, 3.63) is 54.0 Å². The first-order valence-corrected chi connectivity index (χ1v) is 6.46. The fourth-order valence-corrected chi connectivity index (χ4v) is 2.93. The van der Waals surface area contributed by atoms with E-state index in [1.807, 2.05) is 0 Å². The number of rotatable bonds is 2. The summed E-state index contributed by atoms with van der Waals surface area (Å²) in [4.78, 5) is 44.3. The quantitative estimate of drug-likeness (QED) is 0.345. The van der Waals surface area contributed by atoms with Crippen LogP contribution in [-0.2, 0) is 4.74 Å². The second-order valence-corrected chi connectivity index (χ2v) is 5.18. The molecular weight excluding hydrogens is 364 g/mol. The van der Waals surface area contributed by atoms with Gasteiger partial charge >= 0.3 is 11.9 Å². The van der Waals surface area contributed by atoms with Crippen LogP contribution in [0.15, 0.2) is 22.7 Å². The minimum absolute atomic E-state index is 0.119. The van der Waals surface area contributed by atoms with Gasteiger partial charge < -0.3 is 4.74 Å². The largest absolute Gasteiger partial charge is 0.386 e. The van der Waals surface area contributed by atoms with Crippen LogP contribution in [0.1, 0.15) is 20.7 Å². The van der Waals surface area contributed by atoms with Crippen LogP contribution in [0.5, 0.6) is 0 Å². The Morgan fingerprint density at radius 1 is 0.955 bits per heavy atom. The van der Waals surface area contributed by atoms with Crippen molar-refractivity contribution >= 4 is 50.0 Å². The lowest BCUT2D eigenvalue weighted by Gasteiger charge is -2.16. The van der Waals surface area contributed by atoms with Crippen LogP contribution in [0.4, 0.5) is 11.4 Å². The molecule has 0 atom stereocenters. The number of nitro groups is 2. The minimum Gasteiger partial charge on any atom is -0.386 e. The third kappa shape index (κ3) is 1.77. The molecule has 110 valence electrons. The van der Waals surface area contributed by atoms with Crippen molar-refractivity contribution in [2.24, 2.45) is 0 Å². The van der Waals surface area contributed by atoms with Gasteiger partial charge in [-0.25, -0.2) is 9.59 Å². The third-order valence-corrected chi connectivity index (χ3v) is 3.80. The first-order valence-electron chi connectivity index (χ1n) is 5.67. The molecule has 0 amide bonds. The molecule has 10 heteroatoms. The van der Waals surface area contributed by atoms with Crippen molar-refractivity contribution in [2.75, 3.05) is 0 Å². The maximum Gasteiger partial charge on any atom is 0.346 e. The molecule has 0 bridgehead atoms. The Bertz CT molecular complexity index is 922. The molecule has 0 aliphatic carbocycles. The van der Waals surface area contributed by atoms with Gasteiger partial charge in [0.25, 0.3) is 11.4 Å². The number of nitro benzene ring substituents is 2. The van der Waals surface area contributed by atoms with Crippen LogP contribution in [0.2, 0.25) is 0 Å². The van der Waals surface area contributed by atoms with Crippen LogP contribution in [0.25, 0.3) is 10.8 Å².